The largest absolute Gasteiger partial charge is 0.384 e. The molecule has 1 nitrogen and oxygen atoms in total. The van der Waals surface area contributed by atoms with Gasteiger partial charge in [-0.1, -0.05) is 84.4 Å². The fourth-order valence-electron chi connectivity index (χ4n) is 3.96. The van der Waals surface area contributed by atoms with Crippen molar-refractivity contribution in [1.29, 1.82) is 0 Å². The molecule has 0 fully saturated rings. The molecule has 0 aliphatic heterocycles. The van der Waals surface area contributed by atoms with Crippen LogP contribution in [-0.2, 0) is 4.74 Å². The Kier molecular flexibility index (Phi) is 7.99. The second-order valence-electron chi connectivity index (χ2n) is 7.59. The molecule has 1 atom stereocenters. The summed E-state index contributed by atoms with van der Waals surface area (Å²) in [6.07, 6.45) is 0. The molecule has 0 aliphatic rings. The zero-order chi connectivity index (χ0) is 18.3. The maximum atomic E-state index is 5.44. The van der Waals surface area contributed by atoms with Crippen molar-refractivity contribution in [1.82, 2.24) is 0 Å². The average molecular weight is 343 g/mol. The quantitative estimate of drug-likeness (QED) is 0.424. The molecule has 0 bridgehead atoms. The highest BCUT2D eigenvalue weighted by Crippen LogP contribution is 2.41. The van der Waals surface area contributed by atoms with Crippen molar-refractivity contribution in [3.8, 4) is 11.5 Å². The van der Waals surface area contributed by atoms with Crippen LogP contribution < -0.4 is 0 Å². The van der Waals surface area contributed by atoms with E-state index in [0.29, 0.717) is 23.2 Å². The van der Waals surface area contributed by atoms with Gasteiger partial charge in [-0.3, -0.25) is 0 Å². The van der Waals surface area contributed by atoms with Crippen LogP contribution >= 0.6 is 0 Å². The van der Waals surface area contributed by atoms with Crippen LogP contribution in [-0.4, -0.2) is 21.8 Å². The minimum Gasteiger partial charge on any atom is -0.384 e. The fourth-order valence-corrected chi connectivity index (χ4v) is 9.20. The number of hydrogen-bond donors (Lipinski definition) is 0. The van der Waals surface area contributed by atoms with Crippen LogP contribution in [0.4, 0.5) is 0 Å². The summed E-state index contributed by atoms with van der Waals surface area (Å²) < 4.78 is 5.44. The molecule has 24 heavy (non-hydrogen) atoms. The van der Waals surface area contributed by atoms with Gasteiger partial charge in [-0.15, -0.1) is 5.54 Å². The zero-order valence-corrected chi connectivity index (χ0v) is 17.5. The van der Waals surface area contributed by atoms with Crippen molar-refractivity contribution in [2.75, 3.05) is 13.7 Å². The third kappa shape index (κ3) is 4.62. The lowest BCUT2D eigenvalue weighted by atomic mass is 9.93. The maximum absolute atomic E-state index is 5.44. The Balaban J connectivity index is 3.21. The minimum absolute atomic E-state index is 0.141. The Morgan fingerprint density at radius 1 is 1.00 bits per heavy atom. The first-order valence-corrected chi connectivity index (χ1v) is 11.3. The number of rotatable bonds is 7. The van der Waals surface area contributed by atoms with E-state index < -0.39 is 8.07 Å². The van der Waals surface area contributed by atoms with Crippen molar-refractivity contribution < 1.29 is 4.74 Å². The molecule has 1 aromatic carbocycles. The van der Waals surface area contributed by atoms with Gasteiger partial charge >= 0.3 is 0 Å². The summed E-state index contributed by atoms with van der Waals surface area (Å²) in [5, 5.41) is 0. The van der Waals surface area contributed by atoms with E-state index in [1.807, 2.05) is 6.07 Å². The van der Waals surface area contributed by atoms with Crippen LogP contribution in [0, 0.1) is 11.5 Å². The van der Waals surface area contributed by atoms with E-state index in [1.54, 1.807) is 7.11 Å². The molecule has 0 radical (unpaired) electrons. The molecule has 0 spiro atoms. The monoisotopic (exact) mass is 342 g/mol. The number of hydrogen-bond acceptors (Lipinski definition) is 1. The lowest BCUT2D eigenvalue weighted by Gasteiger charge is -2.38. The Hall–Kier alpha value is -1.30. The SMILES string of the molecule is C=C(C#C[Si](C(C)C)(C(C)C)C(C)C)C(COC)c1ccccc1. The predicted molar refractivity (Wildman–Crippen MR) is 109 cm³/mol. The summed E-state index contributed by atoms with van der Waals surface area (Å²) in [5.41, 5.74) is 7.88. The fraction of sp³-hybridized carbons (Fsp3) is 0.545. The molecule has 1 aromatic rings. The van der Waals surface area contributed by atoms with Crippen LogP contribution in [0.5, 0.6) is 0 Å². The van der Waals surface area contributed by atoms with E-state index in [1.165, 1.54) is 5.56 Å². The minimum atomic E-state index is -1.72. The molecule has 0 heterocycles. The van der Waals surface area contributed by atoms with Gasteiger partial charge in [-0.2, -0.15) is 0 Å². The molecule has 1 rings (SSSR count). The number of methoxy groups -OCH3 is 1. The van der Waals surface area contributed by atoms with Gasteiger partial charge in [0.15, 0.2) is 0 Å². The van der Waals surface area contributed by atoms with E-state index in [2.05, 4.69) is 83.9 Å². The Labute approximate surface area is 150 Å². The highest BCUT2D eigenvalue weighted by atomic mass is 28.3. The van der Waals surface area contributed by atoms with Gasteiger partial charge in [0.1, 0.15) is 8.07 Å². The van der Waals surface area contributed by atoms with E-state index in [4.69, 9.17) is 4.74 Å². The van der Waals surface area contributed by atoms with Gasteiger partial charge in [0.05, 0.1) is 6.61 Å². The van der Waals surface area contributed by atoms with Gasteiger partial charge in [-0.25, -0.2) is 0 Å². The molecule has 2 heteroatoms. The highest BCUT2D eigenvalue weighted by Gasteiger charge is 2.41. The third-order valence-corrected chi connectivity index (χ3v) is 11.6. The van der Waals surface area contributed by atoms with Crippen molar-refractivity contribution in [2.24, 2.45) is 0 Å². The van der Waals surface area contributed by atoms with Crippen molar-refractivity contribution >= 4 is 8.07 Å². The van der Waals surface area contributed by atoms with Crippen LogP contribution in [0.1, 0.15) is 53.0 Å². The first-order valence-electron chi connectivity index (χ1n) is 9.03. The van der Waals surface area contributed by atoms with Gasteiger partial charge < -0.3 is 4.74 Å². The summed E-state index contributed by atoms with van der Waals surface area (Å²) in [7, 11) is 0.0192. The van der Waals surface area contributed by atoms with Crippen LogP contribution in [0.3, 0.4) is 0 Å². The molecular formula is C22H34OSi. The van der Waals surface area contributed by atoms with Crippen LogP contribution in [0.15, 0.2) is 42.5 Å². The van der Waals surface area contributed by atoms with Crippen molar-refractivity contribution in [2.45, 2.75) is 64.1 Å². The first-order chi connectivity index (χ1) is 11.3. The van der Waals surface area contributed by atoms with Gasteiger partial charge in [-0.05, 0) is 22.2 Å². The third-order valence-electron chi connectivity index (χ3n) is 5.26. The first kappa shape index (κ1) is 20.7. The van der Waals surface area contributed by atoms with E-state index in [9.17, 15) is 0 Å². The maximum Gasteiger partial charge on any atom is 0.146 e. The predicted octanol–water partition coefficient (Wildman–Crippen LogP) is 6.19. The Bertz CT molecular complexity index is 553. The summed E-state index contributed by atoms with van der Waals surface area (Å²) in [4.78, 5) is 0. The summed E-state index contributed by atoms with van der Waals surface area (Å²) >= 11 is 0. The van der Waals surface area contributed by atoms with E-state index in [-0.39, 0.29) is 5.92 Å². The smallest absolute Gasteiger partial charge is 0.146 e. The molecular weight excluding hydrogens is 308 g/mol. The lowest BCUT2D eigenvalue weighted by Crippen LogP contribution is -2.43. The zero-order valence-electron chi connectivity index (χ0n) is 16.5. The Morgan fingerprint density at radius 2 is 1.50 bits per heavy atom. The molecule has 0 aromatic heterocycles. The number of ether oxygens (including phenoxy) is 1. The second kappa shape index (κ2) is 9.25. The average Bonchev–Trinajstić information content (AvgIpc) is 2.52. The lowest BCUT2D eigenvalue weighted by molar-refractivity contribution is 0.189. The topological polar surface area (TPSA) is 9.23 Å². The Morgan fingerprint density at radius 3 is 1.92 bits per heavy atom. The van der Waals surface area contributed by atoms with Crippen LogP contribution in [0.25, 0.3) is 0 Å². The molecule has 1 unspecified atom stereocenters. The molecule has 0 amide bonds. The summed E-state index contributed by atoms with van der Waals surface area (Å²) in [5.74, 6) is 3.63. The summed E-state index contributed by atoms with van der Waals surface area (Å²) in [6.45, 7) is 19.0. The van der Waals surface area contributed by atoms with Crippen molar-refractivity contribution in [3.05, 3.63) is 48.0 Å². The number of benzene rings is 1. The highest BCUT2D eigenvalue weighted by molar-refractivity contribution is 6.90. The molecule has 0 N–H and O–H groups in total. The van der Waals surface area contributed by atoms with Gasteiger partial charge in [0.25, 0.3) is 0 Å². The normalized spacial score (nSPS) is 13.1. The van der Waals surface area contributed by atoms with E-state index in [0.717, 1.165) is 5.57 Å². The molecule has 132 valence electrons. The van der Waals surface area contributed by atoms with Gasteiger partial charge in [0, 0.05) is 18.6 Å². The van der Waals surface area contributed by atoms with Crippen LogP contribution in [0.2, 0.25) is 16.6 Å². The molecule has 0 aliphatic carbocycles. The second-order valence-corrected chi connectivity index (χ2v) is 13.2. The standard InChI is InChI=1S/C22H34OSi/c1-17(2)24(18(3)4,19(5)6)15-14-20(7)22(16-23-8)21-12-10-9-11-13-21/h9-13,17-19,22H,7,16H2,1-6,8H3. The van der Waals surface area contributed by atoms with Gasteiger partial charge in [0.2, 0.25) is 0 Å². The molecule has 0 saturated carbocycles. The van der Waals surface area contributed by atoms with Crippen molar-refractivity contribution in [3.63, 3.8) is 0 Å². The molecule has 0 saturated heterocycles. The van der Waals surface area contributed by atoms with E-state index >= 15 is 0 Å². The summed E-state index contributed by atoms with van der Waals surface area (Å²) in [6, 6.07) is 10.4.